The van der Waals surface area contributed by atoms with E-state index in [1.165, 1.54) is 30.3 Å². The molecular weight excluding hydrogens is 372 g/mol. The molecule has 5 heterocycles. The number of pyridine rings is 2. The fourth-order valence-corrected chi connectivity index (χ4v) is 4.46. The number of hydrogen-bond acceptors (Lipinski definition) is 4. The molecular formula is C24H22N6. The molecule has 1 saturated heterocycles. The van der Waals surface area contributed by atoms with Crippen LogP contribution in [0.2, 0.25) is 0 Å². The van der Waals surface area contributed by atoms with Crippen LogP contribution in [0.15, 0.2) is 60.9 Å². The van der Waals surface area contributed by atoms with Gasteiger partial charge in [0.1, 0.15) is 0 Å². The van der Waals surface area contributed by atoms with Crippen molar-refractivity contribution in [2.24, 2.45) is 0 Å². The van der Waals surface area contributed by atoms with Crippen LogP contribution in [0, 0.1) is 0 Å². The Morgan fingerprint density at radius 2 is 1.80 bits per heavy atom. The lowest BCUT2D eigenvalue weighted by molar-refractivity contribution is 0.579. The molecule has 1 aliphatic rings. The molecule has 6 nitrogen and oxygen atoms in total. The third-order valence-corrected chi connectivity index (χ3v) is 5.98. The number of rotatable bonds is 3. The summed E-state index contributed by atoms with van der Waals surface area (Å²) in [5.74, 6) is 0. The summed E-state index contributed by atoms with van der Waals surface area (Å²) in [6, 6.07) is 16.8. The summed E-state index contributed by atoms with van der Waals surface area (Å²) in [4.78, 5) is 15.1. The van der Waals surface area contributed by atoms with Crippen LogP contribution in [0.5, 0.6) is 0 Å². The third kappa shape index (κ3) is 2.84. The van der Waals surface area contributed by atoms with Crippen LogP contribution in [0.4, 0.5) is 5.69 Å². The van der Waals surface area contributed by atoms with Gasteiger partial charge < -0.3 is 9.88 Å². The summed E-state index contributed by atoms with van der Waals surface area (Å²) in [6.07, 6.45) is 7.49. The van der Waals surface area contributed by atoms with E-state index in [0.717, 1.165) is 46.6 Å². The lowest BCUT2D eigenvalue weighted by Gasteiger charge is -2.29. The van der Waals surface area contributed by atoms with Gasteiger partial charge in [-0.15, -0.1) is 0 Å². The maximum atomic E-state index is 4.54. The zero-order valence-electron chi connectivity index (χ0n) is 16.6. The molecule has 2 N–H and O–H groups in total. The van der Waals surface area contributed by atoms with Crippen LogP contribution in [0.3, 0.4) is 0 Å². The normalized spacial score (nSPS) is 14.6. The minimum atomic E-state index is 0.708. The lowest BCUT2D eigenvalue weighted by atomic mass is 10.1. The summed E-state index contributed by atoms with van der Waals surface area (Å²) < 4.78 is 0. The first-order valence-corrected chi connectivity index (χ1v) is 10.5. The van der Waals surface area contributed by atoms with Gasteiger partial charge in [-0.1, -0.05) is 12.1 Å². The van der Waals surface area contributed by atoms with Crippen molar-refractivity contribution >= 4 is 27.6 Å². The molecule has 0 amide bonds. The summed E-state index contributed by atoms with van der Waals surface area (Å²) in [6.45, 7) is 2.26. The molecule has 1 aromatic carbocycles. The Balaban J connectivity index is 1.47. The molecule has 148 valence electrons. The largest absolute Gasteiger partial charge is 0.371 e. The predicted octanol–water partition coefficient (Wildman–Crippen LogP) is 5.16. The quantitative estimate of drug-likeness (QED) is 0.443. The molecule has 0 radical (unpaired) electrons. The van der Waals surface area contributed by atoms with Crippen LogP contribution in [0.1, 0.15) is 19.3 Å². The van der Waals surface area contributed by atoms with Gasteiger partial charge in [-0.25, -0.2) is 4.98 Å². The first kappa shape index (κ1) is 17.2. The Bertz CT molecular complexity index is 1330. The first-order valence-electron chi connectivity index (χ1n) is 10.5. The van der Waals surface area contributed by atoms with Gasteiger partial charge in [0.05, 0.1) is 17.1 Å². The van der Waals surface area contributed by atoms with E-state index in [4.69, 9.17) is 0 Å². The van der Waals surface area contributed by atoms with Crippen LogP contribution >= 0.6 is 0 Å². The van der Waals surface area contributed by atoms with E-state index in [1.807, 2.05) is 24.4 Å². The minimum Gasteiger partial charge on any atom is -0.371 e. The minimum absolute atomic E-state index is 0.708. The first-order chi connectivity index (χ1) is 14.9. The molecule has 0 spiro atoms. The highest BCUT2D eigenvalue weighted by atomic mass is 15.2. The van der Waals surface area contributed by atoms with E-state index >= 15 is 0 Å². The van der Waals surface area contributed by atoms with Crippen molar-refractivity contribution < 1.29 is 0 Å². The van der Waals surface area contributed by atoms with Crippen LogP contribution < -0.4 is 4.90 Å². The number of H-pyrrole nitrogens is 2. The van der Waals surface area contributed by atoms with Crippen molar-refractivity contribution in [2.45, 2.75) is 19.3 Å². The van der Waals surface area contributed by atoms with Gasteiger partial charge >= 0.3 is 0 Å². The van der Waals surface area contributed by atoms with Crippen molar-refractivity contribution in [1.29, 1.82) is 0 Å². The Hall–Kier alpha value is -3.67. The van der Waals surface area contributed by atoms with E-state index in [-0.39, 0.29) is 0 Å². The average molecular weight is 394 g/mol. The summed E-state index contributed by atoms with van der Waals surface area (Å²) in [5.41, 5.74) is 7.03. The van der Waals surface area contributed by atoms with Crippen LogP contribution in [-0.2, 0) is 0 Å². The zero-order valence-corrected chi connectivity index (χ0v) is 16.6. The predicted molar refractivity (Wildman–Crippen MR) is 120 cm³/mol. The third-order valence-electron chi connectivity index (χ3n) is 5.98. The van der Waals surface area contributed by atoms with Gasteiger partial charge in [-0.2, -0.15) is 5.10 Å². The standard InChI is InChI=1S/C24H22N6/c1-4-11-30(12-5-1)22-9-6-8-20-17(22)14-21(27-20)23-18-13-16(15-26-24(18)29-28-23)19-7-2-3-10-25-19/h2-3,6-10,13-15,27H,1,4-5,11-12H2,(H,26,28,29). The molecule has 0 unspecified atom stereocenters. The van der Waals surface area contributed by atoms with Gasteiger partial charge in [0.25, 0.3) is 0 Å². The number of anilines is 1. The lowest BCUT2D eigenvalue weighted by Crippen LogP contribution is -2.29. The fourth-order valence-electron chi connectivity index (χ4n) is 4.46. The monoisotopic (exact) mass is 394 g/mol. The average Bonchev–Trinajstić information content (AvgIpc) is 3.43. The van der Waals surface area contributed by atoms with Gasteiger partial charge in [-0.3, -0.25) is 10.1 Å². The van der Waals surface area contributed by atoms with E-state index in [9.17, 15) is 0 Å². The van der Waals surface area contributed by atoms with Crippen LogP contribution in [0.25, 0.3) is 44.6 Å². The van der Waals surface area contributed by atoms with Gasteiger partial charge in [-0.05, 0) is 55.7 Å². The van der Waals surface area contributed by atoms with Crippen molar-refractivity contribution in [1.82, 2.24) is 25.1 Å². The summed E-state index contributed by atoms with van der Waals surface area (Å²) in [5, 5.41) is 9.86. The van der Waals surface area contributed by atoms with E-state index in [2.05, 4.69) is 60.4 Å². The van der Waals surface area contributed by atoms with Crippen LogP contribution in [-0.4, -0.2) is 38.2 Å². The van der Waals surface area contributed by atoms with E-state index in [0.29, 0.717) is 5.65 Å². The number of aromatic amines is 2. The SMILES string of the molecule is c1ccc(-c2cnc3n[nH]c(-c4cc5c(N6CCCCC6)cccc5[nH]4)c3c2)nc1. The van der Waals surface area contributed by atoms with E-state index in [1.54, 1.807) is 6.20 Å². The van der Waals surface area contributed by atoms with Crippen molar-refractivity contribution in [3.05, 3.63) is 60.9 Å². The topological polar surface area (TPSA) is 73.5 Å². The molecule has 0 bridgehead atoms. The molecule has 6 rings (SSSR count). The zero-order chi connectivity index (χ0) is 19.9. The number of nitrogens with zero attached hydrogens (tertiary/aromatic N) is 4. The Labute approximate surface area is 174 Å². The van der Waals surface area contributed by atoms with Gasteiger partial charge in [0.2, 0.25) is 0 Å². The molecule has 1 aliphatic heterocycles. The maximum Gasteiger partial charge on any atom is 0.181 e. The summed E-state index contributed by atoms with van der Waals surface area (Å²) in [7, 11) is 0. The molecule has 5 aromatic rings. The van der Waals surface area contributed by atoms with Crippen molar-refractivity contribution in [3.63, 3.8) is 0 Å². The molecule has 6 heteroatoms. The highest BCUT2D eigenvalue weighted by Gasteiger charge is 2.17. The second-order valence-electron chi connectivity index (χ2n) is 7.88. The number of hydrogen-bond donors (Lipinski definition) is 2. The smallest absolute Gasteiger partial charge is 0.181 e. The Morgan fingerprint density at radius 1 is 0.867 bits per heavy atom. The van der Waals surface area contributed by atoms with E-state index < -0.39 is 0 Å². The Kier molecular flexibility index (Phi) is 4.01. The highest BCUT2D eigenvalue weighted by Crippen LogP contribution is 2.34. The van der Waals surface area contributed by atoms with Crippen molar-refractivity contribution in [3.8, 4) is 22.6 Å². The molecule has 4 aromatic heterocycles. The number of aromatic nitrogens is 5. The second-order valence-corrected chi connectivity index (χ2v) is 7.88. The molecule has 30 heavy (non-hydrogen) atoms. The fraction of sp³-hybridized carbons (Fsp3) is 0.208. The molecule has 1 fully saturated rings. The number of benzene rings is 1. The number of fused-ring (bicyclic) bond motifs is 2. The molecule has 0 saturated carbocycles. The van der Waals surface area contributed by atoms with Crippen molar-refractivity contribution in [2.75, 3.05) is 18.0 Å². The van der Waals surface area contributed by atoms with Gasteiger partial charge in [0.15, 0.2) is 5.65 Å². The maximum absolute atomic E-state index is 4.54. The molecule has 0 atom stereocenters. The summed E-state index contributed by atoms with van der Waals surface area (Å²) >= 11 is 0. The van der Waals surface area contributed by atoms with Gasteiger partial charge in [0, 0.05) is 53.0 Å². The molecule has 0 aliphatic carbocycles. The number of piperidine rings is 1. The second kappa shape index (κ2) is 6.99. The Morgan fingerprint density at radius 3 is 2.67 bits per heavy atom. The number of nitrogens with one attached hydrogen (secondary N) is 2. The highest BCUT2D eigenvalue weighted by molar-refractivity contribution is 6.00.